The van der Waals surface area contributed by atoms with Gasteiger partial charge in [0.05, 0.1) is 6.54 Å². The highest BCUT2D eigenvalue weighted by atomic mass is 16.5. The number of carbonyl (C=O) groups excluding carboxylic acids is 1. The van der Waals surface area contributed by atoms with Crippen molar-refractivity contribution >= 4 is 5.91 Å². The number of nitrogens with zero attached hydrogens (tertiary/aromatic N) is 1. The van der Waals surface area contributed by atoms with E-state index in [1.54, 1.807) is 0 Å². The Bertz CT molecular complexity index is 725. The third-order valence-corrected chi connectivity index (χ3v) is 5.77. The second-order valence-electron chi connectivity index (χ2n) is 8.02. The molecule has 1 heterocycles. The Labute approximate surface area is 168 Å². The predicted molar refractivity (Wildman–Crippen MR) is 113 cm³/mol. The minimum Gasteiger partial charge on any atom is -0.381 e. The molecule has 0 bridgehead atoms. The summed E-state index contributed by atoms with van der Waals surface area (Å²) in [5, 5.41) is 3.23. The molecule has 3 rings (SSSR count). The predicted octanol–water partition coefficient (Wildman–Crippen LogP) is 3.76. The Hall–Kier alpha value is -2.17. The quantitative estimate of drug-likeness (QED) is 0.758. The number of hydrogen-bond donors (Lipinski definition) is 1. The van der Waals surface area contributed by atoms with Gasteiger partial charge in [0.2, 0.25) is 5.91 Å². The van der Waals surface area contributed by atoms with Gasteiger partial charge < -0.3 is 10.1 Å². The molecule has 1 saturated heterocycles. The van der Waals surface area contributed by atoms with E-state index in [9.17, 15) is 4.79 Å². The summed E-state index contributed by atoms with van der Waals surface area (Å²) in [6.07, 6.45) is 1.88. The molecule has 4 nitrogen and oxygen atoms in total. The van der Waals surface area contributed by atoms with Crippen molar-refractivity contribution in [2.75, 3.05) is 26.3 Å². The minimum atomic E-state index is -0.0305. The van der Waals surface area contributed by atoms with Crippen molar-refractivity contribution in [2.24, 2.45) is 0 Å². The number of nitrogens with one attached hydrogen (secondary N) is 1. The van der Waals surface area contributed by atoms with Crippen LogP contribution in [0.4, 0.5) is 0 Å². The Morgan fingerprint density at radius 2 is 1.64 bits per heavy atom. The lowest BCUT2D eigenvalue weighted by Crippen LogP contribution is -2.47. The van der Waals surface area contributed by atoms with E-state index in [1.165, 1.54) is 11.1 Å². The molecule has 1 aliphatic rings. The standard InChI is InChI=1S/C24H32N2O2/c1-20(2)26(17-21-9-5-3-6-10-21)18-23(27)25-19-24(13-15-28-16-14-24)22-11-7-4-8-12-22/h3-12,20H,13-19H2,1-2H3,(H,25,27). The Morgan fingerprint density at radius 1 is 1.04 bits per heavy atom. The number of hydrogen-bond acceptors (Lipinski definition) is 3. The van der Waals surface area contributed by atoms with Crippen LogP contribution in [-0.2, 0) is 21.5 Å². The SMILES string of the molecule is CC(C)N(CC(=O)NCC1(c2ccccc2)CCOCC1)Cc1ccccc1. The Balaban J connectivity index is 1.62. The molecule has 0 aromatic heterocycles. The van der Waals surface area contributed by atoms with Gasteiger partial charge >= 0.3 is 0 Å². The summed E-state index contributed by atoms with van der Waals surface area (Å²) in [5.41, 5.74) is 2.50. The molecule has 1 amide bonds. The molecule has 0 radical (unpaired) electrons. The fourth-order valence-electron chi connectivity index (χ4n) is 3.87. The van der Waals surface area contributed by atoms with Crippen molar-refractivity contribution in [1.82, 2.24) is 10.2 Å². The third kappa shape index (κ3) is 5.43. The second-order valence-corrected chi connectivity index (χ2v) is 8.02. The Kier molecular flexibility index (Phi) is 7.24. The zero-order valence-electron chi connectivity index (χ0n) is 17.1. The topological polar surface area (TPSA) is 41.6 Å². The van der Waals surface area contributed by atoms with E-state index in [0.29, 0.717) is 19.1 Å². The van der Waals surface area contributed by atoms with Gasteiger partial charge in [0.25, 0.3) is 0 Å². The second kappa shape index (κ2) is 9.85. The van der Waals surface area contributed by atoms with Crippen molar-refractivity contribution in [3.8, 4) is 0 Å². The summed E-state index contributed by atoms with van der Waals surface area (Å²) >= 11 is 0. The van der Waals surface area contributed by atoms with Crippen LogP contribution in [0.15, 0.2) is 60.7 Å². The van der Waals surface area contributed by atoms with E-state index in [4.69, 9.17) is 4.74 Å². The minimum absolute atomic E-state index is 0.0305. The number of ether oxygens (including phenoxy) is 1. The van der Waals surface area contributed by atoms with E-state index in [1.807, 2.05) is 24.3 Å². The fourth-order valence-corrected chi connectivity index (χ4v) is 3.87. The molecule has 0 spiro atoms. The fraction of sp³-hybridized carbons (Fsp3) is 0.458. The van der Waals surface area contributed by atoms with Gasteiger partial charge in [-0.05, 0) is 37.8 Å². The zero-order valence-corrected chi connectivity index (χ0v) is 17.1. The van der Waals surface area contributed by atoms with Gasteiger partial charge in [-0.25, -0.2) is 0 Å². The van der Waals surface area contributed by atoms with Crippen LogP contribution in [0.2, 0.25) is 0 Å². The van der Waals surface area contributed by atoms with E-state index < -0.39 is 0 Å². The summed E-state index contributed by atoms with van der Waals surface area (Å²) < 4.78 is 5.59. The van der Waals surface area contributed by atoms with Crippen LogP contribution in [0.1, 0.15) is 37.8 Å². The maximum absolute atomic E-state index is 12.8. The maximum atomic E-state index is 12.8. The highest BCUT2D eigenvalue weighted by Crippen LogP contribution is 2.34. The zero-order chi connectivity index (χ0) is 19.8. The molecule has 4 heteroatoms. The third-order valence-electron chi connectivity index (χ3n) is 5.77. The van der Waals surface area contributed by atoms with Crippen LogP contribution in [0.3, 0.4) is 0 Å². The summed E-state index contributed by atoms with van der Waals surface area (Å²) in [4.78, 5) is 15.0. The van der Waals surface area contributed by atoms with Crippen molar-refractivity contribution in [1.29, 1.82) is 0 Å². The van der Waals surface area contributed by atoms with Gasteiger partial charge in [-0.2, -0.15) is 0 Å². The van der Waals surface area contributed by atoms with Gasteiger partial charge in [0.1, 0.15) is 0 Å². The Morgan fingerprint density at radius 3 is 2.25 bits per heavy atom. The number of carbonyl (C=O) groups is 1. The van der Waals surface area contributed by atoms with Crippen molar-refractivity contribution in [3.63, 3.8) is 0 Å². The van der Waals surface area contributed by atoms with Gasteiger partial charge in [-0.1, -0.05) is 60.7 Å². The molecule has 1 fully saturated rings. The number of rotatable bonds is 8. The van der Waals surface area contributed by atoms with Crippen LogP contribution < -0.4 is 5.32 Å². The molecule has 0 saturated carbocycles. The molecule has 0 unspecified atom stereocenters. The summed E-state index contributed by atoms with van der Waals surface area (Å²) in [7, 11) is 0. The van der Waals surface area contributed by atoms with E-state index in [-0.39, 0.29) is 11.3 Å². The maximum Gasteiger partial charge on any atom is 0.234 e. The first-order chi connectivity index (χ1) is 13.6. The largest absolute Gasteiger partial charge is 0.381 e. The first-order valence-electron chi connectivity index (χ1n) is 10.3. The summed E-state index contributed by atoms with van der Waals surface area (Å²) in [6, 6.07) is 21.2. The molecule has 2 aromatic carbocycles. The average Bonchev–Trinajstić information content (AvgIpc) is 2.74. The highest BCUT2D eigenvalue weighted by molar-refractivity contribution is 5.78. The monoisotopic (exact) mass is 380 g/mol. The van der Waals surface area contributed by atoms with Crippen molar-refractivity contribution in [2.45, 2.75) is 44.7 Å². The average molecular weight is 381 g/mol. The van der Waals surface area contributed by atoms with Crippen LogP contribution in [0, 0.1) is 0 Å². The van der Waals surface area contributed by atoms with Crippen LogP contribution in [0.5, 0.6) is 0 Å². The molecular weight excluding hydrogens is 348 g/mol. The van der Waals surface area contributed by atoms with E-state index >= 15 is 0 Å². The molecule has 0 aliphatic carbocycles. The van der Waals surface area contributed by atoms with Gasteiger partial charge in [-0.3, -0.25) is 9.69 Å². The highest BCUT2D eigenvalue weighted by Gasteiger charge is 2.34. The normalized spacial score (nSPS) is 16.3. The van der Waals surface area contributed by atoms with Crippen LogP contribution in [0.25, 0.3) is 0 Å². The summed E-state index contributed by atoms with van der Waals surface area (Å²) in [6.45, 7) is 7.63. The molecule has 2 aromatic rings. The lowest BCUT2D eigenvalue weighted by molar-refractivity contribution is -0.123. The van der Waals surface area contributed by atoms with Crippen LogP contribution in [-0.4, -0.2) is 43.2 Å². The van der Waals surface area contributed by atoms with Gasteiger partial charge in [0.15, 0.2) is 0 Å². The van der Waals surface area contributed by atoms with Gasteiger partial charge in [0, 0.05) is 37.8 Å². The van der Waals surface area contributed by atoms with Crippen molar-refractivity contribution < 1.29 is 9.53 Å². The molecule has 1 aliphatic heterocycles. The molecular formula is C24H32N2O2. The molecule has 150 valence electrons. The first-order valence-corrected chi connectivity index (χ1v) is 10.3. The smallest absolute Gasteiger partial charge is 0.234 e. The van der Waals surface area contributed by atoms with Gasteiger partial charge in [-0.15, -0.1) is 0 Å². The molecule has 1 N–H and O–H groups in total. The number of amides is 1. The van der Waals surface area contributed by atoms with E-state index in [0.717, 1.165) is 32.6 Å². The van der Waals surface area contributed by atoms with Crippen molar-refractivity contribution in [3.05, 3.63) is 71.8 Å². The lowest BCUT2D eigenvalue weighted by atomic mass is 9.74. The lowest BCUT2D eigenvalue weighted by Gasteiger charge is -2.38. The molecule has 0 atom stereocenters. The van der Waals surface area contributed by atoms with Crippen LogP contribution >= 0.6 is 0 Å². The molecule has 28 heavy (non-hydrogen) atoms. The summed E-state index contributed by atoms with van der Waals surface area (Å²) in [5.74, 6) is 0.0893. The van der Waals surface area contributed by atoms with E-state index in [2.05, 4.69) is 60.5 Å². The number of benzene rings is 2. The first kappa shape index (κ1) is 20.6.